The lowest BCUT2D eigenvalue weighted by molar-refractivity contribution is 0.0719. The molecule has 22 heavy (non-hydrogen) atoms. The highest BCUT2D eigenvalue weighted by molar-refractivity contribution is 7.14. The van der Waals surface area contributed by atoms with Gasteiger partial charge in [-0.15, -0.1) is 11.3 Å². The maximum atomic E-state index is 12.3. The summed E-state index contributed by atoms with van der Waals surface area (Å²) in [5.41, 5.74) is 1.04. The third-order valence-electron chi connectivity index (χ3n) is 3.59. The van der Waals surface area contributed by atoms with Crippen LogP contribution in [0.25, 0.3) is 0 Å². The van der Waals surface area contributed by atoms with E-state index >= 15 is 0 Å². The second-order valence-corrected chi connectivity index (χ2v) is 6.08. The first-order valence-corrected chi connectivity index (χ1v) is 8.05. The Kier molecular flexibility index (Phi) is 4.15. The number of anilines is 2. The zero-order chi connectivity index (χ0) is 15.5. The average Bonchev–Trinajstić information content (AvgIpc) is 2.99. The molecular weight excluding hydrogens is 302 g/mol. The van der Waals surface area contributed by atoms with Crippen molar-refractivity contribution in [3.05, 3.63) is 29.3 Å². The van der Waals surface area contributed by atoms with Crippen LogP contribution in [-0.4, -0.2) is 39.1 Å². The Morgan fingerprint density at radius 1 is 1.18 bits per heavy atom. The van der Waals surface area contributed by atoms with Gasteiger partial charge in [0.05, 0.1) is 0 Å². The fourth-order valence-corrected chi connectivity index (χ4v) is 3.12. The highest BCUT2D eigenvalue weighted by atomic mass is 32.1. The standard InChI is InChI=1S/C15H17N3O3S/c19-12-5-4-10(8-13(12)20)16-15-17-11(9-22-15)14(21)18-6-2-1-3-7-18/h4-5,8-9,19-20H,1-3,6-7H2,(H,16,17). The van der Waals surface area contributed by atoms with Gasteiger partial charge < -0.3 is 20.4 Å². The third kappa shape index (κ3) is 3.14. The molecule has 0 spiro atoms. The number of nitrogens with zero attached hydrogens (tertiary/aromatic N) is 2. The first-order chi connectivity index (χ1) is 10.6. The Labute approximate surface area is 132 Å². The molecule has 6 nitrogen and oxygen atoms in total. The molecule has 0 bridgehead atoms. The summed E-state index contributed by atoms with van der Waals surface area (Å²) in [4.78, 5) is 18.5. The Morgan fingerprint density at radius 3 is 2.68 bits per heavy atom. The minimum Gasteiger partial charge on any atom is -0.504 e. The summed E-state index contributed by atoms with van der Waals surface area (Å²) in [6.07, 6.45) is 3.28. The van der Waals surface area contributed by atoms with E-state index in [2.05, 4.69) is 10.3 Å². The molecule has 7 heteroatoms. The average molecular weight is 319 g/mol. The van der Waals surface area contributed by atoms with E-state index in [1.54, 1.807) is 11.4 Å². The number of thiazole rings is 1. The number of carbonyl (C=O) groups excluding carboxylic acids is 1. The second kappa shape index (κ2) is 6.23. The van der Waals surface area contributed by atoms with Crippen molar-refractivity contribution < 1.29 is 15.0 Å². The van der Waals surface area contributed by atoms with Crippen LogP contribution in [0.1, 0.15) is 29.8 Å². The smallest absolute Gasteiger partial charge is 0.273 e. The van der Waals surface area contributed by atoms with Crippen LogP contribution in [0.2, 0.25) is 0 Å². The van der Waals surface area contributed by atoms with Crippen LogP contribution in [0.3, 0.4) is 0 Å². The molecule has 1 aromatic heterocycles. The Hall–Kier alpha value is -2.28. The van der Waals surface area contributed by atoms with Crippen molar-refractivity contribution in [2.45, 2.75) is 19.3 Å². The molecule has 1 amide bonds. The predicted molar refractivity (Wildman–Crippen MR) is 84.9 cm³/mol. The molecule has 1 aliphatic heterocycles. The van der Waals surface area contributed by atoms with Gasteiger partial charge in [-0.1, -0.05) is 0 Å². The molecule has 3 rings (SSSR count). The van der Waals surface area contributed by atoms with E-state index in [-0.39, 0.29) is 17.4 Å². The minimum atomic E-state index is -0.203. The highest BCUT2D eigenvalue weighted by Gasteiger charge is 2.20. The van der Waals surface area contributed by atoms with Crippen LogP contribution in [0.5, 0.6) is 11.5 Å². The van der Waals surface area contributed by atoms with Crippen LogP contribution in [0.4, 0.5) is 10.8 Å². The molecule has 0 aliphatic carbocycles. The maximum absolute atomic E-state index is 12.3. The number of phenols is 2. The summed E-state index contributed by atoms with van der Waals surface area (Å²) in [5, 5.41) is 24.1. The van der Waals surface area contributed by atoms with E-state index in [1.807, 2.05) is 4.90 Å². The molecular formula is C15H17N3O3S. The van der Waals surface area contributed by atoms with Gasteiger partial charge in [-0.3, -0.25) is 4.79 Å². The number of hydrogen-bond donors (Lipinski definition) is 3. The maximum Gasteiger partial charge on any atom is 0.273 e. The van der Waals surface area contributed by atoms with E-state index in [4.69, 9.17) is 0 Å². The number of aromatic hydroxyl groups is 2. The van der Waals surface area contributed by atoms with E-state index in [9.17, 15) is 15.0 Å². The van der Waals surface area contributed by atoms with Gasteiger partial charge in [0.15, 0.2) is 16.6 Å². The normalized spacial score (nSPS) is 14.8. The molecule has 116 valence electrons. The number of phenolic OH excluding ortho intramolecular Hbond substituents is 2. The summed E-state index contributed by atoms with van der Waals surface area (Å²) in [6.45, 7) is 1.59. The minimum absolute atomic E-state index is 0.0300. The van der Waals surface area contributed by atoms with Crippen molar-refractivity contribution in [2.24, 2.45) is 0 Å². The van der Waals surface area contributed by atoms with E-state index in [0.29, 0.717) is 16.5 Å². The van der Waals surface area contributed by atoms with Crippen LogP contribution >= 0.6 is 11.3 Å². The van der Waals surface area contributed by atoms with Crippen molar-refractivity contribution in [3.63, 3.8) is 0 Å². The first-order valence-electron chi connectivity index (χ1n) is 7.17. The van der Waals surface area contributed by atoms with Gasteiger partial charge in [-0.05, 0) is 31.4 Å². The van der Waals surface area contributed by atoms with Gasteiger partial charge in [-0.25, -0.2) is 4.98 Å². The number of amides is 1. The van der Waals surface area contributed by atoms with Crippen molar-refractivity contribution in [1.82, 2.24) is 9.88 Å². The number of hydrogen-bond acceptors (Lipinski definition) is 6. The monoisotopic (exact) mass is 319 g/mol. The van der Waals surface area contributed by atoms with Crippen LogP contribution in [0, 0.1) is 0 Å². The lowest BCUT2D eigenvalue weighted by atomic mass is 10.1. The number of carbonyl (C=O) groups is 1. The van der Waals surface area contributed by atoms with Crippen molar-refractivity contribution in [2.75, 3.05) is 18.4 Å². The topological polar surface area (TPSA) is 85.7 Å². The van der Waals surface area contributed by atoms with Gasteiger partial charge in [0.25, 0.3) is 5.91 Å². The summed E-state index contributed by atoms with van der Waals surface area (Å²) < 4.78 is 0. The van der Waals surface area contributed by atoms with E-state index < -0.39 is 0 Å². The quantitative estimate of drug-likeness (QED) is 0.598. The van der Waals surface area contributed by atoms with Gasteiger partial charge in [-0.2, -0.15) is 0 Å². The number of aromatic nitrogens is 1. The molecule has 0 radical (unpaired) electrons. The van der Waals surface area contributed by atoms with Crippen molar-refractivity contribution in [1.29, 1.82) is 0 Å². The molecule has 1 fully saturated rings. The number of piperidine rings is 1. The molecule has 0 unspecified atom stereocenters. The van der Waals surface area contributed by atoms with E-state index in [1.165, 1.54) is 29.9 Å². The predicted octanol–water partition coefficient (Wildman–Crippen LogP) is 2.92. The SMILES string of the molecule is O=C(c1csc(Nc2ccc(O)c(O)c2)n1)N1CCCCC1. The fourth-order valence-electron chi connectivity index (χ4n) is 2.41. The zero-order valence-corrected chi connectivity index (χ0v) is 12.8. The first kappa shape index (κ1) is 14.6. The van der Waals surface area contributed by atoms with E-state index in [0.717, 1.165) is 25.9 Å². The Morgan fingerprint density at radius 2 is 1.95 bits per heavy atom. The zero-order valence-electron chi connectivity index (χ0n) is 12.0. The lowest BCUT2D eigenvalue weighted by Crippen LogP contribution is -2.35. The highest BCUT2D eigenvalue weighted by Crippen LogP contribution is 2.30. The van der Waals surface area contributed by atoms with Gasteiger partial charge >= 0.3 is 0 Å². The number of benzene rings is 1. The molecule has 3 N–H and O–H groups in total. The molecule has 0 saturated carbocycles. The number of rotatable bonds is 3. The van der Waals surface area contributed by atoms with Crippen LogP contribution in [0.15, 0.2) is 23.6 Å². The molecule has 1 saturated heterocycles. The Balaban J connectivity index is 1.70. The summed E-state index contributed by atoms with van der Waals surface area (Å²) in [5.74, 6) is -0.408. The molecule has 0 atom stereocenters. The van der Waals surface area contributed by atoms with Gasteiger partial charge in [0, 0.05) is 30.2 Å². The second-order valence-electron chi connectivity index (χ2n) is 5.22. The largest absolute Gasteiger partial charge is 0.504 e. The van der Waals surface area contributed by atoms with Crippen LogP contribution < -0.4 is 5.32 Å². The molecule has 2 heterocycles. The van der Waals surface area contributed by atoms with Crippen molar-refractivity contribution >= 4 is 28.1 Å². The summed E-state index contributed by atoms with van der Waals surface area (Å²) in [7, 11) is 0. The van der Waals surface area contributed by atoms with Gasteiger partial charge in [0.1, 0.15) is 5.69 Å². The fraction of sp³-hybridized carbons (Fsp3) is 0.333. The molecule has 1 aliphatic rings. The third-order valence-corrected chi connectivity index (χ3v) is 4.35. The summed E-state index contributed by atoms with van der Waals surface area (Å²) >= 11 is 1.33. The van der Waals surface area contributed by atoms with Crippen molar-refractivity contribution in [3.8, 4) is 11.5 Å². The van der Waals surface area contributed by atoms with Gasteiger partial charge in [0.2, 0.25) is 0 Å². The van der Waals surface area contributed by atoms with Crippen LogP contribution in [-0.2, 0) is 0 Å². The molecule has 2 aromatic rings. The Bertz CT molecular complexity index is 680. The lowest BCUT2D eigenvalue weighted by Gasteiger charge is -2.25. The number of nitrogens with one attached hydrogen (secondary N) is 1. The summed E-state index contributed by atoms with van der Waals surface area (Å²) in [6, 6.07) is 4.43. The number of likely N-dealkylation sites (tertiary alicyclic amines) is 1. The molecule has 1 aromatic carbocycles.